The molecule has 3 saturated heterocycles. The minimum absolute atomic E-state index is 0.206. The number of carbonyl (C=O) groups is 3. The summed E-state index contributed by atoms with van der Waals surface area (Å²) in [5, 5.41) is 137. The molecule has 3 fully saturated rings. The van der Waals surface area contributed by atoms with Crippen molar-refractivity contribution in [3.8, 4) is 0 Å². The lowest BCUT2D eigenvalue weighted by atomic mass is 9.88. The Kier molecular flexibility index (Phi) is 61.4. The molecule has 0 aromatic rings. The molecular weight excluding hydrogens is 1420 g/mol. The first-order valence-electron chi connectivity index (χ1n) is 45.6. The monoisotopic (exact) mass is 1590 g/mol. The Balaban J connectivity index is 1.41. The lowest BCUT2D eigenvalue weighted by Gasteiger charge is -2.50. The zero-order chi connectivity index (χ0) is 81.0. The van der Waals surface area contributed by atoms with Gasteiger partial charge in [0, 0.05) is 19.8 Å². The number of ether oxygens (including phenoxy) is 6. The summed E-state index contributed by atoms with van der Waals surface area (Å²) in [6.45, 7) is 2.22. The summed E-state index contributed by atoms with van der Waals surface area (Å²) in [5.41, 5.74) is 0. The molecule has 654 valence electrons. The van der Waals surface area contributed by atoms with Gasteiger partial charge in [-0.2, -0.15) is 0 Å². The zero-order valence-corrected chi connectivity index (χ0v) is 69.9. The minimum Gasteiger partial charge on any atom is -0.477 e. The average Bonchev–Trinajstić information content (AvgIpc) is 0.753. The lowest BCUT2D eigenvalue weighted by molar-refractivity contribution is -0.386. The van der Waals surface area contributed by atoms with Crippen molar-refractivity contribution in [2.24, 2.45) is 0 Å². The van der Waals surface area contributed by atoms with E-state index >= 15 is 0 Å². The first-order valence-corrected chi connectivity index (χ1v) is 45.6. The number of unbranched alkanes of at least 4 members (excludes halogenated alkanes) is 54. The first-order chi connectivity index (χ1) is 53.9. The SMILES string of the molecule is CCCCCCCCCCCCCCCCCCCC/C=C/C(O)C(COC1OC(CO)C(OC2OC(CO)C(O)C(OC3(C(=O)O)CC(O)C(NC(C)=O)C(C(O)C(O)CO)O3)C2O)C(O)C1O)NC(=O)CCCCCCCCCCCCCCCCCCCCCCCCCCCCCCCCCCCCCCC. The van der Waals surface area contributed by atoms with Gasteiger partial charge >= 0.3 is 5.97 Å². The number of aliphatic hydroxyl groups is 11. The zero-order valence-electron chi connectivity index (χ0n) is 69.9. The molecule has 0 radical (unpaired) electrons. The van der Waals surface area contributed by atoms with Gasteiger partial charge in [-0.05, 0) is 19.3 Å². The van der Waals surface area contributed by atoms with E-state index in [1.54, 1.807) is 6.08 Å². The third-order valence-corrected chi connectivity index (χ3v) is 23.2. The van der Waals surface area contributed by atoms with Gasteiger partial charge in [-0.1, -0.05) is 366 Å². The van der Waals surface area contributed by atoms with Crippen molar-refractivity contribution in [1.29, 1.82) is 0 Å². The summed E-state index contributed by atoms with van der Waals surface area (Å²) in [6, 6.07) is -2.62. The Morgan fingerprint density at radius 1 is 0.468 bits per heavy atom. The largest absolute Gasteiger partial charge is 0.477 e. The van der Waals surface area contributed by atoms with Gasteiger partial charge in [0.2, 0.25) is 11.8 Å². The molecule has 3 rings (SSSR count). The van der Waals surface area contributed by atoms with Gasteiger partial charge < -0.3 is 100 Å². The molecule has 23 nitrogen and oxygen atoms in total. The number of hydrogen-bond acceptors (Lipinski definition) is 20. The van der Waals surface area contributed by atoms with Crippen molar-refractivity contribution in [2.45, 2.75) is 503 Å². The lowest BCUT2D eigenvalue weighted by Crippen LogP contribution is -2.70. The van der Waals surface area contributed by atoms with Gasteiger partial charge in [-0.3, -0.25) is 9.59 Å². The van der Waals surface area contributed by atoms with Crippen LogP contribution in [0, 0.1) is 0 Å². The molecule has 14 N–H and O–H groups in total. The number of amides is 2. The summed E-state index contributed by atoms with van der Waals surface area (Å²) in [6.07, 6.45) is 47.1. The number of carboxylic acid groups (broad SMARTS) is 1. The molecule has 0 bridgehead atoms. The molecular formula is C88H166N2O21. The van der Waals surface area contributed by atoms with Crippen LogP contribution in [0.1, 0.15) is 393 Å². The van der Waals surface area contributed by atoms with Crippen molar-refractivity contribution in [3.05, 3.63) is 12.2 Å². The van der Waals surface area contributed by atoms with E-state index in [9.17, 15) is 75.7 Å². The highest BCUT2D eigenvalue weighted by Gasteiger charge is 2.60. The number of hydrogen-bond donors (Lipinski definition) is 14. The summed E-state index contributed by atoms with van der Waals surface area (Å²) in [4.78, 5) is 38.8. The van der Waals surface area contributed by atoms with E-state index in [4.69, 9.17) is 28.4 Å². The van der Waals surface area contributed by atoms with E-state index in [0.29, 0.717) is 12.8 Å². The molecule has 0 aromatic heterocycles. The van der Waals surface area contributed by atoms with Crippen LogP contribution in [0.25, 0.3) is 0 Å². The third-order valence-electron chi connectivity index (χ3n) is 23.2. The fourth-order valence-electron chi connectivity index (χ4n) is 16.1. The van der Waals surface area contributed by atoms with Gasteiger partial charge in [0.15, 0.2) is 12.6 Å². The Morgan fingerprint density at radius 3 is 1.20 bits per heavy atom. The molecule has 3 aliphatic heterocycles. The van der Waals surface area contributed by atoms with Gasteiger partial charge in [0.1, 0.15) is 67.1 Å². The molecule has 111 heavy (non-hydrogen) atoms. The Labute approximate surface area is 671 Å². The van der Waals surface area contributed by atoms with Crippen LogP contribution in [0.15, 0.2) is 12.2 Å². The van der Waals surface area contributed by atoms with E-state index in [-0.39, 0.29) is 12.3 Å². The van der Waals surface area contributed by atoms with E-state index in [1.165, 1.54) is 302 Å². The summed E-state index contributed by atoms with van der Waals surface area (Å²) in [5.74, 6) is -6.13. The topological polar surface area (TPSA) is 373 Å². The fourth-order valence-corrected chi connectivity index (χ4v) is 16.1. The van der Waals surface area contributed by atoms with E-state index in [2.05, 4.69) is 24.5 Å². The normalized spacial score (nSPS) is 25.5. The maximum atomic E-state index is 13.6. The van der Waals surface area contributed by atoms with Gasteiger partial charge in [0.05, 0.1) is 50.7 Å². The van der Waals surface area contributed by atoms with Gasteiger partial charge in [0.25, 0.3) is 5.79 Å². The quantitative estimate of drug-likeness (QED) is 0.0199. The van der Waals surface area contributed by atoms with Crippen molar-refractivity contribution < 1.29 is 104 Å². The maximum Gasteiger partial charge on any atom is 0.364 e. The predicted octanol–water partition coefficient (Wildman–Crippen LogP) is 14.5. The smallest absolute Gasteiger partial charge is 0.364 e. The van der Waals surface area contributed by atoms with Crippen molar-refractivity contribution in [3.63, 3.8) is 0 Å². The maximum absolute atomic E-state index is 13.6. The predicted molar refractivity (Wildman–Crippen MR) is 435 cm³/mol. The molecule has 3 aliphatic rings. The summed E-state index contributed by atoms with van der Waals surface area (Å²) >= 11 is 0. The van der Waals surface area contributed by atoms with Crippen LogP contribution in [-0.2, 0) is 42.8 Å². The second kappa shape index (κ2) is 66.4. The Morgan fingerprint density at radius 2 is 0.838 bits per heavy atom. The number of rotatable bonds is 74. The van der Waals surface area contributed by atoms with Gasteiger partial charge in [-0.25, -0.2) is 4.79 Å². The second-order valence-electron chi connectivity index (χ2n) is 33.2. The minimum atomic E-state index is -3.08. The summed E-state index contributed by atoms with van der Waals surface area (Å²) in [7, 11) is 0. The Hall–Kier alpha value is -2.53. The second-order valence-corrected chi connectivity index (χ2v) is 33.2. The van der Waals surface area contributed by atoms with E-state index in [0.717, 1.165) is 51.9 Å². The van der Waals surface area contributed by atoms with Crippen LogP contribution >= 0.6 is 0 Å². The number of carbonyl (C=O) groups excluding carboxylic acids is 2. The van der Waals surface area contributed by atoms with Crippen LogP contribution in [0.5, 0.6) is 0 Å². The molecule has 2 amide bonds. The van der Waals surface area contributed by atoms with Crippen LogP contribution < -0.4 is 10.6 Å². The van der Waals surface area contributed by atoms with Gasteiger partial charge in [-0.15, -0.1) is 0 Å². The average molecular weight is 1590 g/mol. The van der Waals surface area contributed by atoms with Crippen LogP contribution in [0.4, 0.5) is 0 Å². The van der Waals surface area contributed by atoms with E-state index in [1.807, 2.05) is 6.08 Å². The van der Waals surface area contributed by atoms with Crippen molar-refractivity contribution >= 4 is 17.8 Å². The molecule has 0 aliphatic carbocycles. The molecule has 0 spiro atoms. The molecule has 3 heterocycles. The third kappa shape index (κ3) is 45.3. The fraction of sp³-hybridized carbons (Fsp3) is 0.943. The van der Waals surface area contributed by atoms with Crippen LogP contribution in [0.2, 0.25) is 0 Å². The highest BCUT2D eigenvalue weighted by molar-refractivity contribution is 5.77. The van der Waals surface area contributed by atoms with Crippen LogP contribution in [-0.4, -0.2) is 215 Å². The molecule has 0 saturated carbocycles. The van der Waals surface area contributed by atoms with Crippen LogP contribution in [0.3, 0.4) is 0 Å². The van der Waals surface area contributed by atoms with Crippen molar-refractivity contribution in [2.75, 3.05) is 26.4 Å². The number of nitrogens with one attached hydrogen (secondary N) is 2. The van der Waals surface area contributed by atoms with E-state index < -0.39 is 155 Å². The number of aliphatic carboxylic acids is 1. The first kappa shape index (κ1) is 103. The van der Waals surface area contributed by atoms with Crippen molar-refractivity contribution in [1.82, 2.24) is 10.6 Å². The number of carboxylic acids is 1. The standard InChI is InChI=1S/C88H166N2O21/c1-4-6-8-10-12-14-16-18-20-22-24-26-27-28-29-30-31-32-33-34-35-36-37-38-39-40-41-42-44-46-48-50-52-54-56-58-60-62-75(98)90-69(70(95)61-59-57-55-53-51-49-47-45-43-25-23-21-19-17-15-13-11-9-7-5-2)67-106-85-80(102)79(101)82(74(66-93)108-85)109-86-81(103)84(78(100)73(65-92)107-86)111-88(87(104)105)63-71(96)76(89-68(3)94)83(110-88)77(99)72(97)64-91/h59,61,69-74,76-86,91-93,95-97,99-103H,4-58,60,62-67H2,1-3H3,(H,89,94)(H,90,98)(H,104,105)/b61-59+. The molecule has 0 aromatic carbocycles. The highest BCUT2D eigenvalue weighted by Crippen LogP contribution is 2.39. The highest BCUT2D eigenvalue weighted by atomic mass is 16.8. The molecule has 23 heteroatoms. The number of allylic oxidation sites excluding steroid dienone is 1. The molecule has 18 unspecified atom stereocenters. The Bertz CT molecular complexity index is 2240. The molecule has 18 atom stereocenters. The number of aliphatic hydroxyl groups excluding tert-OH is 11. The summed E-state index contributed by atoms with van der Waals surface area (Å²) < 4.78 is 35.0.